The summed E-state index contributed by atoms with van der Waals surface area (Å²) in [4.78, 5) is 29.4. The maximum Gasteiger partial charge on any atom is 0.319 e. The Morgan fingerprint density at radius 3 is 2.78 bits per heavy atom. The summed E-state index contributed by atoms with van der Waals surface area (Å²) < 4.78 is 0. The SMILES string of the molecule is C=CCN1C(=O)CC[C@@H]2[C@H]1CCN2C(=O)N(C)C. The molecule has 2 saturated heterocycles. The Bertz CT molecular complexity index is 367. The predicted octanol–water partition coefficient (Wildman–Crippen LogP) is 0.919. The van der Waals surface area contributed by atoms with E-state index in [-0.39, 0.29) is 24.0 Å². The molecule has 18 heavy (non-hydrogen) atoms. The molecule has 0 spiro atoms. The van der Waals surface area contributed by atoms with Crippen LogP contribution in [0, 0.1) is 0 Å². The number of piperidine rings is 1. The van der Waals surface area contributed by atoms with Gasteiger partial charge in [-0.3, -0.25) is 4.79 Å². The van der Waals surface area contributed by atoms with Crippen molar-refractivity contribution >= 4 is 11.9 Å². The van der Waals surface area contributed by atoms with Gasteiger partial charge in [0.2, 0.25) is 5.91 Å². The van der Waals surface area contributed by atoms with Crippen molar-refractivity contribution < 1.29 is 9.59 Å². The number of urea groups is 1. The van der Waals surface area contributed by atoms with E-state index in [1.807, 2.05) is 9.80 Å². The zero-order valence-corrected chi connectivity index (χ0v) is 11.1. The van der Waals surface area contributed by atoms with Gasteiger partial charge in [0.15, 0.2) is 0 Å². The molecular formula is C13H21N3O2. The molecule has 100 valence electrons. The Hall–Kier alpha value is -1.52. The lowest BCUT2D eigenvalue weighted by molar-refractivity contribution is -0.136. The lowest BCUT2D eigenvalue weighted by Crippen LogP contribution is -2.54. The van der Waals surface area contributed by atoms with Crippen LogP contribution in [-0.4, -0.2) is 65.9 Å². The molecule has 0 aromatic rings. The fraction of sp³-hybridized carbons (Fsp3) is 0.692. The number of rotatable bonds is 2. The van der Waals surface area contributed by atoms with E-state index in [1.165, 1.54) is 0 Å². The molecule has 0 aromatic heterocycles. The highest BCUT2D eigenvalue weighted by atomic mass is 16.2. The quantitative estimate of drug-likeness (QED) is 0.685. The molecule has 2 rings (SSSR count). The number of carbonyl (C=O) groups is 2. The molecule has 2 aliphatic heterocycles. The van der Waals surface area contributed by atoms with Crippen LogP contribution in [-0.2, 0) is 4.79 Å². The number of carbonyl (C=O) groups excluding carboxylic acids is 2. The first-order chi connectivity index (χ1) is 8.56. The van der Waals surface area contributed by atoms with Crippen LogP contribution in [0.25, 0.3) is 0 Å². The molecule has 5 heteroatoms. The molecule has 3 amide bonds. The van der Waals surface area contributed by atoms with Crippen molar-refractivity contribution in [2.24, 2.45) is 0 Å². The number of hydrogen-bond donors (Lipinski definition) is 0. The summed E-state index contributed by atoms with van der Waals surface area (Å²) in [5.74, 6) is 0.190. The number of fused-ring (bicyclic) bond motifs is 1. The first-order valence-corrected chi connectivity index (χ1v) is 6.44. The molecule has 2 atom stereocenters. The number of nitrogens with zero attached hydrogens (tertiary/aromatic N) is 3. The highest BCUT2D eigenvalue weighted by Gasteiger charge is 2.44. The summed E-state index contributed by atoms with van der Waals surface area (Å²) in [6.45, 7) is 5.03. The van der Waals surface area contributed by atoms with Crippen molar-refractivity contribution in [3.8, 4) is 0 Å². The molecule has 0 radical (unpaired) electrons. The van der Waals surface area contributed by atoms with Gasteiger partial charge in [0, 0.05) is 33.6 Å². The average Bonchev–Trinajstić information content (AvgIpc) is 2.75. The molecule has 2 heterocycles. The summed E-state index contributed by atoms with van der Waals surface area (Å²) in [5.41, 5.74) is 0. The van der Waals surface area contributed by atoms with E-state index in [0.29, 0.717) is 13.0 Å². The average molecular weight is 251 g/mol. The Labute approximate surface area is 108 Å². The van der Waals surface area contributed by atoms with Crippen LogP contribution >= 0.6 is 0 Å². The maximum atomic E-state index is 12.1. The third kappa shape index (κ3) is 2.09. The van der Waals surface area contributed by atoms with Gasteiger partial charge in [-0.1, -0.05) is 6.08 Å². The second-order valence-corrected chi connectivity index (χ2v) is 5.17. The smallest absolute Gasteiger partial charge is 0.319 e. The van der Waals surface area contributed by atoms with E-state index in [1.54, 1.807) is 25.1 Å². The normalized spacial score (nSPS) is 27.1. The van der Waals surface area contributed by atoms with Gasteiger partial charge in [-0.05, 0) is 12.8 Å². The van der Waals surface area contributed by atoms with Crippen LogP contribution in [0.5, 0.6) is 0 Å². The molecule has 0 N–H and O–H groups in total. The van der Waals surface area contributed by atoms with Crippen LogP contribution in [0.1, 0.15) is 19.3 Å². The highest BCUT2D eigenvalue weighted by Crippen LogP contribution is 2.31. The van der Waals surface area contributed by atoms with Crippen molar-refractivity contribution in [3.63, 3.8) is 0 Å². The number of likely N-dealkylation sites (tertiary alicyclic amines) is 2. The fourth-order valence-electron chi connectivity index (χ4n) is 3.02. The first kappa shape index (κ1) is 12.9. The maximum absolute atomic E-state index is 12.1. The van der Waals surface area contributed by atoms with Crippen LogP contribution in [0.15, 0.2) is 12.7 Å². The Morgan fingerprint density at radius 2 is 2.17 bits per heavy atom. The predicted molar refractivity (Wildman–Crippen MR) is 69.1 cm³/mol. The zero-order valence-electron chi connectivity index (χ0n) is 11.1. The third-order valence-electron chi connectivity index (χ3n) is 3.84. The second-order valence-electron chi connectivity index (χ2n) is 5.17. The molecule has 2 aliphatic rings. The van der Waals surface area contributed by atoms with E-state index in [9.17, 15) is 9.59 Å². The van der Waals surface area contributed by atoms with Gasteiger partial charge in [-0.25, -0.2) is 4.79 Å². The van der Waals surface area contributed by atoms with Gasteiger partial charge in [0.05, 0.1) is 12.1 Å². The van der Waals surface area contributed by atoms with Crippen molar-refractivity contribution in [2.75, 3.05) is 27.2 Å². The zero-order chi connectivity index (χ0) is 13.3. The van der Waals surface area contributed by atoms with Crippen molar-refractivity contribution in [1.82, 2.24) is 14.7 Å². The Kier molecular flexibility index (Phi) is 3.59. The van der Waals surface area contributed by atoms with Gasteiger partial charge in [-0.15, -0.1) is 6.58 Å². The molecule has 5 nitrogen and oxygen atoms in total. The molecule has 2 fully saturated rings. The third-order valence-corrected chi connectivity index (χ3v) is 3.84. The molecular weight excluding hydrogens is 230 g/mol. The summed E-state index contributed by atoms with van der Waals surface area (Å²) in [6, 6.07) is 0.404. The number of hydrogen-bond acceptors (Lipinski definition) is 2. The molecule has 0 bridgehead atoms. The van der Waals surface area contributed by atoms with Gasteiger partial charge >= 0.3 is 6.03 Å². The van der Waals surface area contributed by atoms with Crippen molar-refractivity contribution in [3.05, 3.63) is 12.7 Å². The topological polar surface area (TPSA) is 43.9 Å². The minimum atomic E-state index is 0.0513. The minimum absolute atomic E-state index is 0.0513. The first-order valence-electron chi connectivity index (χ1n) is 6.44. The molecule has 0 aromatic carbocycles. The van der Waals surface area contributed by atoms with Crippen LogP contribution in [0.2, 0.25) is 0 Å². The van der Waals surface area contributed by atoms with E-state index in [2.05, 4.69) is 6.58 Å². The molecule has 0 aliphatic carbocycles. The standard InChI is InChI=1S/C13H21N3O2/c1-4-8-15-11-7-9-16(13(18)14(2)3)10(11)5-6-12(15)17/h4,10-11H,1,5-9H2,2-3H3/t10-,11-/m1/s1. The molecule has 0 saturated carbocycles. The van der Waals surface area contributed by atoms with Gasteiger partial charge in [0.1, 0.15) is 0 Å². The molecule has 0 unspecified atom stereocenters. The van der Waals surface area contributed by atoms with E-state index in [4.69, 9.17) is 0 Å². The van der Waals surface area contributed by atoms with E-state index < -0.39 is 0 Å². The van der Waals surface area contributed by atoms with E-state index >= 15 is 0 Å². The summed E-state index contributed by atoms with van der Waals surface area (Å²) in [5, 5.41) is 0. The summed E-state index contributed by atoms with van der Waals surface area (Å²) >= 11 is 0. The minimum Gasteiger partial charge on any atom is -0.334 e. The van der Waals surface area contributed by atoms with Gasteiger partial charge in [0.25, 0.3) is 0 Å². The van der Waals surface area contributed by atoms with Crippen LogP contribution in [0.4, 0.5) is 4.79 Å². The monoisotopic (exact) mass is 251 g/mol. The van der Waals surface area contributed by atoms with E-state index in [0.717, 1.165) is 19.4 Å². The van der Waals surface area contributed by atoms with Crippen molar-refractivity contribution in [2.45, 2.75) is 31.3 Å². The Morgan fingerprint density at radius 1 is 1.44 bits per heavy atom. The van der Waals surface area contributed by atoms with Crippen LogP contribution in [0.3, 0.4) is 0 Å². The summed E-state index contributed by atoms with van der Waals surface area (Å²) in [7, 11) is 3.54. The Balaban J connectivity index is 2.14. The van der Waals surface area contributed by atoms with Crippen LogP contribution < -0.4 is 0 Å². The van der Waals surface area contributed by atoms with Crippen molar-refractivity contribution in [1.29, 1.82) is 0 Å². The second kappa shape index (κ2) is 5.00. The summed E-state index contributed by atoms with van der Waals surface area (Å²) in [6.07, 6.45) is 3.96. The lowest BCUT2D eigenvalue weighted by atomic mass is 9.96. The fourth-order valence-corrected chi connectivity index (χ4v) is 3.02. The number of amides is 3. The lowest BCUT2D eigenvalue weighted by Gasteiger charge is -2.39. The largest absolute Gasteiger partial charge is 0.334 e. The van der Waals surface area contributed by atoms with Gasteiger partial charge < -0.3 is 14.7 Å². The highest BCUT2D eigenvalue weighted by molar-refractivity contribution is 5.79. The van der Waals surface area contributed by atoms with Gasteiger partial charge in [-0.2, -0.15) is 0 Å².